The van der Waals surface area contributed by atoms with E-state index in [2.05, 4.69) is 16.1 Å². The molecule has 6 nitrogen and oxygen atoms in total. The second-order valence-corrected chi connectivity index (χ2v) is 3.70. The summed E-state index contributed by atoms with van der Waals surface area (Å²) < 4.78 is 10.5. The molecule has 1 aromatic rings. The van der Waals surface area contributed by atoms with E-state index in [1.165, 1.54) is 13.3 Å². The molecule has 0 bridgehead atoms. The fourth-order valence-electron chi connectivity index (χ4n) is 1.23. The van der Waals surface area contributed by atoms with Gasteiger partial charge in [-0.05, 0) is 12.1 Å². The second-order valence-electron chi connectivity index (χ2n) is 3.30. The first-order chi connectivity index (χ1) is 9.08. The molecule has 0 radical (unpaired) electrons. The van der Waals surface area contributed by atoms with E-state index in [0.29, 0.717) is 22.1 Å². The molecule has 1 aromatic carbocycles. The largest absolute Gasteiger partial charge is 0.493 e. The van der Waals surface area contributed by atoms with Gasteiger partial charge in [0.2, 0.25) is 5.96 Å². The van der Waals surface area contributed by atoms with Crippen molar-refractivity contribution >= 4 is 23.8 Å². The molecule has 0 spiro atoms. The predicted molar refractivity (Wildman–Crippen MR) is 75.7 cm³/mol. The number of ether oxygens (including phenoxy) is 2. The van der Waals surface area contributed by atoms with E-state index in [1.54, 1.807) is 12.1 Å². The van der Waals surface area contributed by atoms with Crippen LogP contribution in [0, 0.1) is 12.3 Å². The minimum absolute atomic E-state index is 0.0948. The third-order valence-corrected chi connectivity index (χ3v) is 2.21. The third kappa shape index (κ3) is 4.41. The van der Waals surface area contributed by atoms with Crippen molar-refractivity contribution in [3.8, 4) is 23.8 Å². The third-order valence-electron chi connectivity index (χ3n) is 1.93. The molecule has 0 unspecified atom stereocenters. The topological polar surface area (TPSA) is 95.2 Å². The van der Waals surface area contributed by atoms with Crippen LogP contribution in [0.2, 0.25) is 5.02 Å². The summed E-state index contributed by atoms with van der Waals surface area (Å²) in [6.45, 7) is 0.0948. The van der Waals surface area contributed by atoms with E-state index in [0.717, 1.165) is 0 Å². The number of methoxy groups -OCH3 is 1. The van der Waals surface area contributed by atoms with Crippen molar-refractivity contribution in [2.75, 3.05) is 13.7 Å². The standard InChI is InChI=1S/C12H13ClN4O2/c1-3-4-19-11-9(13)5-8(6-10(11)18-2)7-16-17-12(14)15/h1,5-7H,4H2,2H3,(H4,14,15,17)/b16-7-. The number of guanidine groups is 1. The highest BCUT2D eigenvalue weighted by molar-refractivity contribution is 6.32. The minimum Gasteiger partial charge on any atom is -0.493 e. The van der Waals surface area contributed by atoms with Crippen LogP contribution in [0.4, 0.5) is 0 Å². The lowest BCUT2D eigenvalue weighted by Crippen LogP contribution is -2.21. The molecule has 0 aliphatic heterocycles. The number of terminal acetylenes is 1. The van der Waals surface area contributed by atoms with Crippen molar-refractivity contribution in [2.45, 2.75) is 0 Å². The predicted octanol–water partition coefficient (Wildman–Crippen LogP) is 0.968. The number of nitrogens with zero attached hydrogens (tertiary/aromatic N) is 2. The van der Waals surface area contributed by atoms with E-state index in [4.69, 9.17) is 39.0 Å². The zero-order valence-electron chi connectivity index (χ0n) is 10.3. The maximum Gasteiger partial charge on any atom is 0.211 e. The molecule has 100 valence electrons. The molecule has 0 fully saturated rings. The van der Waals surface area contributed by atoms with Crippen LogP contribution in [0.25, 0.3) is 0 Å². The quantitative estimate of drug-likeness (QED) is 0.363. The summed E-state index contributed by atoms with van der Waals surface area (Å²) in [5, 5.41) is 7.50. The van der Waals surface area contributed by atoms with Crippen molar-refractivity contribution in [1.29, 1.82) is 0 Å². The van der Waals surface area contributed by atoms with Gasteiger partial charge in [-0.1, -0.05) is 17.5 Å². The zero-order valence-corrected chi connectivity index (χ0v) is 11.0. The van der Waals surface area contributed by atoms with Crippen molar-refractivity contribution < 1.29 is 9.47 Å². The Morgan fingerprint density at radius 1 is 1.53 bits per heavy atom. The molecule has 4 N–H and O–H groups in total. The van der Waals surface area contributed by atoms with E-state index < -0.39 is 0 Å². The lowest BCUT2D eigenvalue weighted by molar-refractivity contribution is 0.331. The van der Waals surface area contributed by atoms with Gasteiger partial charge in [0.25, 0.3) is 0 Å². The average molecular weight is 281 g/mol. The number of hydrogen-bond donors (Lipinski definition) is 2. The van der Waals surface area contributed by atoms with Gasteiger partial charge in [0, 0.05) is 5.56 Å². The van der Waals surface area contributed by atoms with Gasteiger partial charge in [-0.2, -0.15) is 5.10 Å². The molecule has 0 aromatic heterocycles. The normalized spacial score (nSPS) is 9.95. The number of hydrogen-bond acceptors (Lipinski definition) is 4. The van der Waals surface area contributed by atoms with Crippen LogP contribution >= 0.6 is 11.6 Å². The highest BCUT2D eigenvalue weighted by Crippen LogP contribution is 2.35. The molecule has 0 heterocycles. The Morgan fingerprint density at radius 3 is 2.84 bits per heavy atom. The van der Waals surface area contributed by atoms with Crippen molar-refractivity contribution in [1.82, 2.24) is 0 Å². The monoisotopic (exact) mass is 280 g/mol. The summed E-state index contributed by atoms with van der Waals surface area (Å²) in [4.78, 5) is 0. The molecular weight excluding hydrogens is 268 g/mol. The number of halogens is 1. The van der Waals surface area contributed by atoms with Crippen LogP contribution in [0.15, 0.2) is 22.3 Å². The molecule has 0 aliphatic rings. The van der Waals surface area contributed by atoms with Crippen LogP contribution in [0.1, 0.15) is 5.56 Å². The smallest absolute Gasteiger partial charge is 0.211 e. The van der Waals surface area contributed by atoms with Gasteiger partial charge in [-0.25, -0.2) is 0 Å². The SMILES string of the molecule is C#CCOc1c(Cl)cc(/C=N\N=C(N)N)cc1OC. The summed E-state index contributed by atoms with van der Waals surface area (Å²) >= 11 is 6.07. The Morgan fingerprint density at radius 2 is 2.26 bits per heavy atom. The Balaban J connectivity index is 3.06. The number of rotatable bonds is 5. The van der Waals surface area contributed by atoms with Gasteiger partial charge in [0.15, 0.2) is 11.5 Å². The van der Waals surface area contributed by atoms with Gasteiger partial charge in [0.05, 0.1) is 18.3 Å². The number of benzene rings is 1. The highest BCUT2D eigenvalue weighted by Gasteiger charge is 2.11. The lowest BCUT2D eigenvalue weighted by Gasteiger charge is -2.11. The van der Waals surface area contributed by atoms with Gasteiger partial charge in [-0.3, -0.25) is 0 Å². The van der Waals surface area contributed by atoms with Crippen LogP contribution in [-0.2, 0) is 0 Å². The van der Waals surface area contributed by atoms with Gasteiger partial charge in [0.1, 0.15) is 6.61 Å². The average Bonchev–Trinajstić information content (AvgIpc) is 2.36. The zero-order chi connectivity index (χ0) is 14.3. The molecule has 0 atom stereocenters. The molecule has 0 aliphatic carbocycles. The number of nitrogens with two attached hydrogens (primary N) is 2. The van der Waals surface area contributed by atoms with Crippen LogP contribution in [0.3, 0.4) is 0 Å². The fourth-order valence-corrected chi connectivity index (χ4v) is 1.50. The molecule has 19 heavy (non-hydrogen) atoms. The molecule has 0 saturated carbocycles. The summed E-state index contributed by atoms with van der Waals surface area (Å²) in [6.07, 6.45) is 6.55. The van der Waals surface area contributed by atoms with Crippen LogP contribution in [0.5, 0.6) is 11.5 Å². The van der Waals surface area contributed by atoms with Gasteiger partial charge < -0.3 is 20.9 Å². The first-order valence-electron chi connectivity index (χ1n) is 5.14. The molecule has 0 saturated heterocycles. The summed E-state index contributed by atoms with van der Waals surface area (Å²) in [7, 11) is 1.49. The lowest BCUT2D eigenvalue weighted by atomic mass is 10.2. The van der Waals surface area contributed by atoms with Crippen LogP contribution in [-0.4, -0.2) is 25.9 Å². The molecular formula is C12H13ClN4O2. The van der Waals surface area contributed by atoms with Gasteiger partial charge >= 0.3 is 0 Å². The molecule has 1 rings (SSSR count). The maximum atomic E-state index is 6.07. The second kappa shape index (κ2) is 7.13. The summed E-state index contributed by atoms with van der Waals surface area (Å²) in [5.74, 6) is 3.03. The first-order valence-corrected chi connectivity index (χ1v) is 5.52. The summed E-state index contributed by atoms with van der Waals surface area (Å²) in [6, 6.07) is 3.30. The van der Waals surface area contributed by atoms with Crippen molar-refractivity contribution in [3.05, 3.63) is 22.7 Å². The minimum atomic E-state index is -0.136. The van der Waals surface area contributed by atoms with E-state index in [1.807, 2.05) is 0 Å². The van der Waals surface area contributed by atoms with Crippen molar-refractivity contribution in [2.24, 2.45) is 21.7 Å². The fraction of sp³-hybridized carbons (Fsp3) is 0.167. The van der Waals surface area contributed by atoms with Gasteiger partial charge in [-0.15, -0.1) is 11.5 Å². The van der Waals surface area contributed by atoms with E-state index in [-0.39, 0.29) is 12.6 Å². The highest BCUT2D eigenvalue weighted by atomic mass is 35.5. The first kappa shape index (κ1) is 14.7. The Hall–Kier alpha value is -2.39. The van der Waals surface area contributed by atoms with E-state index in [9.17, 15) is 0 Å². The summed E-state index contributed by atoms with van der Waals surface area (Å²) in [5.41, 5.74) is 10.9. The van der Waals surface area contributed by atoms with Crippen molar-refractivity contribution in [3.63, 3.8) is 0 Å². The Labute approximate surface area is 116 Å². The van der Waals surface area contributed by atoms with Crippen LogP contribution < -0.4 is 20.9 Å². The van der Waals surface area contributed by atoms with E-state index >= 15 is 0 Å². The Bertz CT molecular complexity index is 545. The maximum absolute atomic E-state index is 6.07. The molecule has 0 amide bonds. The Kier molecular flexibility index (Phi) is 5.51. The molecule has 7 heteroatoms.